The van der Waals surface area contributed by atoms with Gasteiger partial charge in [-0.1, -0.05) is 30.7 Å². The van der Waals surface area contributed by atoms with Crippen LogP contribution < -0.4 is 0 Å². The maximum Gasteiger partial charge on any atom is 0.0550 e. The molecule has 1 aromatic carbocycles. The fraction of sp³-hybridized carbons (Fsp3) is 0.571. The number of halogens is 1. The Morgan fingerprint density at radius 1 is 1.22 bits per heavy atom. The molecule has 0 aliphatic carbocycles. The van der Waals surface area contributed by atoms with E-state index in [0.717, 1.165) is 12.0 Å². The van der Waals surface area contributed by atoms with E-state index in [-0.39, 0.29) is 13.2 Å². The second-order valence-corrected chi connectivity index (χ2v) is 4.91. The van der Waals surface area contributed by atoms with Crippen LogP contribution >= 0.6 is 11.6 Å². The molecule has 0 aliphatic rings. The lowest BCUT2D eigenvalue weighted by molar-refractivity contribution is 0.0627. The van der Waals surface area contributed by atoms with Crippen molar-refractivity contribution in [3.63, 3.8) is 0 Å². The summed E-state index contributed by atoms with van der Waals surface area (Å²) in [5, 5.41) is 19.8. The Hall–Kier alpha value is -0.610. The molecule has 0 radical (unpaired) electrons. The molecule has 0 saturated carbocycles. The molecule has 0 aliphatic heterocycles. The molecule has 0 amide bonds. The third-order valence-electron chi connectivity index (χ3n) is 3.12. The highest BCUT2D eigenvalue weighted by Crippen LogP contribution is 2.29. The first-order valence-corrected chi connectivity index (χ1v) is 6.62. The maximum absolute atomic E-state index is 9.62. The van der Waals surface area contributed by atoms with Crippen LogP contribution in [0.2, 0.25) is 5.02 Å². The molecule has 0 saturated heterocycles. The van der Waals surface area contributed by atoms with Gasteiger partial charge in [0.25, 0.3) is 0 Å². The maximum atomic E-state index is 9.62. The van der Waals surface area contributed by atoms with Gasteiger partial charge in [-0.25, -0.2) is 0 Å². The third kappa shape index (κ3) is 3.95. The van der Waals surface area contributed by atoms with E-state index in [4.69, 9.17) is 16.3 Å². The van der Waals surface area contributed by atoms with Crippen LogP contribution in [0, 0.1) is 0 Å². The highest BCUT2D eigenvalue weighted by Gasteiger charge is 2.30. The van der Waals surface area contributed by atoms with Crippen LogP contribution in [0.5, 0.6) is 0 Å². The highest BCUT2D eigenvalue weighted by atomic mass is 35.5. The Balaban J connectivity index is 2.79. The van der Waals surface area contributed by atoms with Crippen molar-refractivity contribution in [2.45, 2.75) is 25.2 Å². The Morgan fingerprint density at radius 2 is 1.94 bits per heavy atom. The summed E-state index contributed by atoms with van der Waals surface area (Å²) in [5.41, 5.74) is 0.165. The number of benzene rings is 1. The van der Waals surface area contributed by atoms with Gasteiger partial charge in [0.05, 0.1) is 13.2 Å². The summed E-state index contributed by atoms with van der Waals surface area (Å²) in [5.74, 6) is 0. The van der Waals surface area contributed by atoms with Gasteiger partial charge in [0.1, 0.15) is 0 Å². The Bertz CT molecular complexity index is 351. The highest BCUT2D eigenvalue weighted by molar-refractivity contribution is 6.30. The van der Waals surface area contributed by atoms with E-state index in [9.17, 15) is 10.2 Å². The smallest absolute Gasteiger partial charge is 0.0550 e. The second kappa shape index (κ2) is 7.74. The van der Waals surface area contributed by atoms with Gasteiger partial charge in [-0.3, -0.25) is 0 Å². The lowest BCUT2D eigenvalue weighted by Crippen LogP contribution is -2.36. The summed E-state index contributed by atoms with van der Waals surface area (Å²) in [6.07, 6.45) is 1.53. The molecule has 0 atom stereocenters. The fourth-order valence-corrected chi connectivity index (χ4v) is 2.06. The van der Waals surface area contributed by atoms with Crippen LogP contribution in [-0.4, -0.2) is 36.6 Å². The van der Waals surface area contributed by atoms with Crippen LogP contribution in [0.15, 0.2) is 24.3 Å². The lowest BCUT2D eigenvalue weighted by Gasteiger charge is -2.30. The van der Waals surface area contributed by atoms with Crippen molar-refractivity contribution in [3.8, 4) is 0 Å². The molecule has 0 heterocycles. The minimum absolute atomic E-state index is 0.126. The molecule has 102 valence electrons. The normalized spacial score (nSPS) is 11.8. The van der Waals surface area contributed by atoms with Crippen molar-refractivity contribution in [2.75, 3.05) is 26.4 Å². The summed E-state index contributed by atoms with van der Waals surface area (Å²) < 4.78 is 5.44. The molecule has 0 spiro atoms. The Kier molecular flexibility index (Phi) is 6.65. The molecule has 0 aromatic heterocycles. The van der Waals surface area contributed by atoms with E-state index in [2.05, 4.69) is 0 Å². The fourth-order valence-electron chi connectivity index (χ4n) is 1.87. The van der Waals surface area contributed by atoms with Crippen LogP contribution in [0.4, 0.5) is 0 Å². The Labute approximate surface area is 113 Å². The van der Waals surface area contributed by atoms with Crippen molar-refractivity contribution in [3.05, 3.63) is 34.9 Å². The summed E-state index contributed by atoms with van der Waals surface area (Å²) >= 11 is 5.95. The first kappa shape index (κ1) is 15.4. The largest absolute Gasteiger partial charge is 0.395 e. The van der Waals surface area contributed by atoms with Crippen molar-refractivity contribution in [1.29, 1.82) is 0 Å². The average molecular weight is 273 g/mol. The van der Waals surface area contributed by atoms with Crippen molar-refractivity contribution in [1.82, 2.24) is 0 Å². The van der Waals surface area contributed by atoms with Gasteiger partial charge >= 0.3 is 0 Å². The number of aliphatic hydroxyl groups is 2. The van der Waals surface area contributed by atoms with Gasteiger partial charge in [-0.05, 0) is 30.5 Å². The van der Waals surface area contributed by atoms with Gasteiger partial charge in [0, 0.05) is 23.7 Å². The number of rotatable bonds is 8. The van der Waals surface area contributed by atoms with Crippen LogP contribution in [0.1, 0.15) is 25.3 Å². The number of hydrogen-bond donors (Lipinski definition) is 2. The summed E-state index contributed by atoms with van der Waals surface area (Å²) in [6.45, 7) is 3.00. The zero-order chi connectivity index (χ0) is 13.4. The van der Waals surface area contributed by atoms with Gasteiger partial charge in [0.2, 0.25) is 0 Å². The van der Waals surface area contributed by atoms with Crippen molar-refractivity contribution in [2.24, 2.45) is 0 Å². The van der Waals surface area contributed by atoms with E-state index in [0.29, 0.717) is 24.7 Å². The molecule has 0 fully saturated rings. The molecule has 2 N–H and O–H groups in total. The molecule has 1 aromatic rings. The van der Waals surface area contributed by atoms with Gasteiger partial charge in [-0.15, -0.1) is 0 Å². The van der Waals surface area contributed by atoms with E-state index in [1.807, 2.05) is 19.1 Å². The molecule has 18 heavy (non-hydrogen) atoms. The summed E-state index contributed by atoms with van der Waals surface area (Å²) in [4.78, 5) is 0. The van der Waals surface area contributed by atoms with Crippen molar-refractivity contribution >= 4 is 11.6 Å². The third-order valence-corrected chi connectivity index (χ3v) is 3.35. The predicted molar refractivity (Wildman–Crippen MR) is 73.0 cm³/mol. The minimum Gasteiger partial charge on any atom is -0.395 e. The van der Waals surface area contributed by atoms with Gasteiger partial charge in [-0.2, -0.15) is 0 Å². The summed E-state index contributed by atoms with van der Waals surface area (Å²) in [7, 11) is 0. The first-order chi connectivity index (χ1) is 8.68. The van der Waals surface area contributed by atoms with E-state index < -0.39 is 5.41 Å². The van der Waals surface area contributed by atoms with Crippen LogP contribution in [0.3, 0.4) is 0 Å². The topological polar surface area (TPSA) is 49.7 Å². The predicted octanol–water partition coefficient (Wildman–Crippen LogP) is 2.38. The monoisotopic (exact) mass is 272 g/mol. The van der Waals surface area contributed by atoms with E-state index in [1.165, 1.54) is 0 Å². The number of aliphatic hydroxyl groups excluding tert-OH is 2. The molecule has 1 rings (SSSR count). The summed E-state index contributed by atoms with van der Waals surface area (Å²) in [6, 6.07) is 7.26. The Morgan fingerprint density at radius 3 is 2.50 bits per heavy atom. The molecule has 0 bridgehead atoms. The van der Waals surface area contributed by atoms with Crippen LogP contribution in [-0.2, 0) is 10.2 Å². The van der Waals surface area contributed by atoms with E-state index in [1.54, 1.807) is 12.1 Å². The second-order valence-electron chi connectivity index (χ2n) is 4.47. The molecule has 3 nitrogen and oxygen atoms in total. The quantitative estimate of drug-likeness (QED) is 0.715. The number of ether oxygens (including phenoxy) is 1. The zero-order valence-corrected chi connectivity index (χ0v) is 11.5. The van der Waals surface area contributed by atoms with Gasteiger partial charge < -0.3 is 14.9 Å². The molecule has 4 heteroatoms. The van der Waals surface area contributed by atoms with Crippen LogP contribution in [0.25, 0.3) is 0 Å². The average Bonchev–Trinajstić information content (AvgIpc) is 2.40. The van der Waals surface area contributed by atoms with Crippen molar-refractivity contribution < 1.29 is 14.9 Å². The minimum atomic E-state index is -0.682. The SMILES string of the molecule is CCCOCCC(CO)(CO)c1cccc(Cl)c1. The molecular formula is C14H21ClO3. The molecule has 0 unspecified atom stereocenters. The molecular weight excluding hydrogens is 252 g/mol. The first-order valence-electron chi connectivity index (χ1n) is 6.24. The van der Waals surface area contributed by atoms with E-state index >= 15 is 0 Å². The standard InChI is InChI=1S/C14H21ClO3/c1-2-7-18-8-6-14(10-16,11-17)12-4-3-5-13(15)9-12/h3-5,9,16-17H,2,6-8,10-11H2,1H3. The van der Waals surface area contributed by atoms with Gasteiger partial charge in [0.15, 0.2) is 0 Å². The number of hydrogen-bond acceptors (Lipinski definition) is 3. The zero-order valence-electron chi connectivity index (χ0n) is 10.7. The lowest BCUT2D eigenvalue weighted by atomic mass is 9.79.